The third kappa shape index (κ3) is 2.12. The zero-order valence-electron chi connectivity index (χ0n) is 8.63. The van der Waals surface area contributed by atoms with Gasteiger partial charge in [0, 0.05) is 32.2 Å². The lowest BCUT2D eigenvalue weighted by Gasteiger charge is -2.44. The molecule has 1 aliphatic heterocycles. The van der Waals surface area contributed by atoms with Crippen molar-refractivity contribution in [3.8, 4) is 0 Å². The molecular formula is C10H16N2O3. The zero-order chi connectivity index (χ0) is 10.8. The number of carbonyl (C=O) groups excluding carboxylic acids is 1. The summed E-state index contributed by atoms with van der Waals surface area (Å²) in [7, 11) is 0. The summed E-state index contributed by atoms with van der Waals surface area (Å²) in [5, 5.41) is 8.76. The fourth-order valence-corrected chi connectivity index (χ4v) is 2.30. The molecule has 0 aromatic rings. The minimum Gasteiger partial charge on any atom is -0.481 e. The third-order valence-electron chi connectivity index (χ3n) is 3.48. The van der Waals surface area contributed by atoms with Crippen molar-refractivity contribution in [3.63, 3.8) is 0 Å². The average molecular weight is 212 g/mol. The Morgan fingerprint density at radius 1 is 1.20 bits per heavy atom. The number of piperazine rings is 1. The summed E-state index contributed by atoms with van der Waals surface area (Å²) in [5.74, 6) is -0.808. The summed E-state index contributed by atoms with van der Waals surface area (Å²) in [4.78, 5) is 25.2. The number of aliphatic carboxylic acids is 1. The molecule has 0 bridgehead atoms. The maximum Gasteiger partial charge on any atom is 0.306 e. The Balaban J connectivity index is 1.74. The predicted molar refractivity (Wildman–Crippen MR) is 53.4 cm³/mol. The summed E-state index contributed by atoms with van der Waals surface area (Å²) in [6.07, 6.45) is 2.44. The van der Waals surface area contributed by atoms with Gasteiger partial charge in [-0.1, -0.05) is 0 Å². The van der Waals surface area contributed by atoms with E-state index in [-0.39, 0.29) is 5.92 Å². The first-order chi connectivity index (χ1) is 7.20. The maximum absolute atomic E-state index is 10.6. The molecule has 84 valence electrons. The summed E-state index contributed by atoms with van der Waals surface area (Å²) < 4.78 is 0. The first kappa shape index (κ1) is 10.4. The van der Waals surface area contributed by atoms with E-state index in [1.165, 1.54) is 0 Å². The molecule has 2 fully saturated rings. The fourth-order valence-electron chi connectivity index (χ4n) is 2.30. The van der Waals surface area contributed by atoms with Crippen LogP contribution in [0, 0.1) is 5.92 Å². The molecule has 1 heterocycles. The standard InChI is InChI=1S/C10H16N2O3/c13-7-11-1-3-12(4-2-11)9-5-8(6-9)10(14)15/h7-9H,1-6H2,(H,14,15). The number of rotatable bonds is 3. The van der Waals surface area contributed by atoms with Gasteiger partial charge in [-0.2, -0.15) is 0 Å². The first-order valence-corrected chi connectivity index (χ1v) is 5.37. The van der Waals surface area contributed by atoms with Crippen LogP contribution in [0.25, 0.3) is 0 Å². The third-order valence-corrected chi connectivity index (χ3v) is 3.48. The quantitative estimate of drug-likeness (QED) is 0.648. The van der Waals surface area contributed by atoms with Crippen LogP contribution in [-0.2, 0) is 9.59 Å². The topological polar surface area (TPSA) is 60.9 Å². The van der Waals surface area contributed by atoms with Gasteiger partial charge < -0.3 is 10.0 Å². The highest BCUT2D eigenvalue weighted by Crippen LogP contribution is 2.32. The summed E-state index contributed by atoms with van der Waals surface area (Å²) in [5.41, 5.74) is 0. The highest BCUT2D eigenvalue weighted by molar-refractivity contribution is 5.71. The number of nitrogens with zero attached hydrogens (tertiary/aromatic N) is 2. The first-order valence-electron chi connectivity index (χ1n) is 5.37. The van der Waals surface area contributed by atoms with Crippen molar-refractivity contribution < 1.29 is 14.7 Å². The van der Waals surface area contributed by atoms with Crippen LogP contribution in [0.1, 0.15) is 12.8 Å². The molecule has 0 aromatic carbocycles. The van der Waals surface area contributed by atoms with Crippen molar-refractivity contribution >= 4 is 12.4 Å². The van der Waals surface area contributed by atoms with Crippen LogP contribution in [-0.4, -0.2) is 59.5 Å². The second-order valence-electron chi connectivity index (χ2n) is 4.34. The van der Waals surface area contributed by atoms with Crippen LogP contribution in [0.3, 0.4) is 0 Å². The van der Waals surface area contributed by atoms with Crippen molar-refractivity contribution in [2.24, 2.45) is 5.92 Å². The number of carboxylic acids is 1. The maximum atomic E-state index is 10.6. The van der Waals surface area contributed by atoms with Crippen molar-refractivity contribution in [2.45, 2.75) is 18.9 Å². The lowest BCUT2D eigenvalue weighted by Crippen LogP contribution is -2.54. The molecule has 0 atom stereocenters. The lowest BCUT2D eigenvalue weighted by atomic mass is 9.79. The van der Waals surface area contributed by atoms with E-state index < -0.39 is 5.97 Å². The highest BCUT2D eigenvalue weighted by atomic mass is 16.4. The summed E-state index contributed by atoms with van der Waals surface area (Å²) in [6, 6.07) is 0.430. The van der Waals surface area contributed by atoms with E-state index in [0.29, 0.717) is 6.04 Å². The van der Waals surface area contributed by atoms with Crippen LogP contribution >= 0.6 is 0 Å². The van der Waals surface area contributed by atoms with Gasteiger partial charge in [0.1, 0.15) is 0 Å². The van der Waals surface area contributed by atoms with Gasteiger partial charge in [-0.3, -0.25) is 14.5 Å². The van der Waals surface area contributed by atoms with Crippen LogP contribution in [0.4, 0.5) is 0 Å². The minimum atomic E-state index is -0.669. The lowest BCUT2D eigenvalue weighted by molar-refractivity contribution is -0.147. The average Bonchev–Trinajstić information content (AvgIpc) is 2.16. The Bertz CT molecular complexity index is 255. The second-order valence-corrected chi connectivity index (χ2v) is 4.34. The van der Waals surface area contributed by atoms with Gasteiger partial charge in [0.25, 0.3) is 0 Å². The number of carbonyl (C=O) groups is 2. The molecule has 2 aliphatic rings. The van der Waals surface area contributed by atoms with Crippen LogP contribution in [0.5, 0.6) is 0 Å². The number of hydrogen-bond donors (Lipinski definition) is 1. The van der Waals surface area contributed by atoms with Crippen LogP contribution in [0.15, 0.2) is 0 Å². The Kier molecular flexibility index (Phi) is 2.90. The molecule has 1 saturated carbocycles. The van der Waals surface area contributed by atoms with Gasteiger partial charge in [0.2, 0.25) is 6.41 Å². The van der Waals surface area contributed by atoms with Crippen LogP contribution in [0.2, 0.25) is 0 Å². The van der Waals surface area contributed by atoms with Gasteiger partial charge in [-0.05, 0) is 12.8 Å². The van der Waals surface area contributed by atoms with Gasteiger partial charge in [0.15, 0.2) is 0 Å². The molecular weight excluding hydrogens is 196 g/mol. The molecule has 0 aromatic heterocycles. The SMILES string of the molecule is O=CN1CCN(C2CC(C(=O)O)C2)CC1. The van der Waals surface area contributed by atoms with E-state index >= 15 is 0 Å². The molecule has 15 heavy (non-hydrogen) atoms. The fraction of sp³-hybridized carbons (Fsp3) is 0.800. The molecule has 0 spiro atoms. The van der Waals surface area contributed by atoms with E-state index in [9.17, 15) is 9.59 Å². The van der Waals surface area contributed by atoms with Gasteiger partial charge >= 0.3 is 5.97 Å². The molecule has 1 N–H and O–H groups in total. The number of hydrogen-bond acceptors (Lipinski definition) is 3. The summed E-state index contributed by atoms with van der Waals surface area (Å²) in [6.45, 7) is 3.32. The highest BCUT2D eigenvalue weighted by Gasteiger charge is 2.38. The summed E-state index contributed by atoms with van der Waals surface area (Å²) >= 11 is 0. The molecule has 5 nitrogen and oxygen atoms in total. The van der Waals surface area contributed by atoms with E-state index in [1.807, 2.05) is 0 Å². The number of amides is 1. The largest absolute Gasteiger partial charge is 0.481 e. The zero-order valence-corrected chi connectivity index (χ0v) is 8.63. The van der Waals surface area contributed by atoms with Crippen molar-refractivity contribution in [1.82, 2.24) is 9.80 Å². The normalized spacial score (nSPS) is 32.1. The molecule has 1 aliphatic carbocycles. The van der Waals surface area contributed by atoms with Gasteiger partial charge in [-0.15, -0.1) is 0 Å². The van der Waals surface area contributed by atoms with Gasteiger partial charge in [-0.25, -0.2) is 0 Å². The van der Waals surface area contributed by atoms with E-state index in [4.69, 9.17) is 5.11 Å². The predicted octanol–water partition coefficient (Wildman–Crippen LogP) is -0.376. The second kappa shape index (κ2) is 4.18. The van der Waals surface area contributed by atoms with Crippen LogP contribution < -0.4 is 0 Å². The smallest absolute Gasteiger partial charge is 0.306 e. The molecule has 1 amide bonds. The van der Waals surface area contributed by atoms with E-state index in [1.54, 1.807) is 4.90 Å². The van der Waals surface area contributed by atoms with Crippen molar-refractivity contribution in [3.05, 3.63) is 0 Å². The monoisotopic (exact) mass is 212 g/mol. The Morgan fingerprint density at radius 3 is 2.27 bits per heavy atom. The Labute approximate surface area is 88.6 Å². The van der Waals surface area contributed by atoms with E-state index in [0.717, 1.165) is 45.4 Å². The number of carboxylic acid groups (broad SMARTS) is 1. The van der Waals surface area contributed by atoms with Crippen molar-refractivity contribution in [1.29, 1.82) is 0 Å². The van der Waals surface area contributed by atoms with Gasteiger partial charge in [0.05, 0.1) is 5.92 Å². The molecule has 0 radical (unpaired) electrons. The molecule has 0 unspecified atom stereocenters. The molecule has 5 heteroatoms. The molecule has 1 saturated heterocycles. The molecule has 2 rings (SSSR count). The van der Waals surface area contributed by atoms with E-state index in [2.05, 4.69) is 4.90 Å². The minimum absolute atomic E-state index is 0.140. The van der Waals surface area contributed by atoms with Crippen molar-refractivity contribution in [2.75, 3.05) is 26.2 Å². The Morgan fingerprint density at radius 2 is 1.80 bits per heavy atom. The Hall–Kier alpha value is -1.10.